The summed E-state index contributed by atoms with van der Waals surface area (Å²) >= 11 is 0. The van der Waals surface area contributed by atoms with Crippen LogP contribution in [-0.4, -0.2) is 0 Å². The molecule has 68 valence electrons. The second-order valence-electron chi connectivity index (χ2n) is 3.79. The third-order valence-corrected chi connectivity index (χ3v) is 2.79. The highest BCUT2D eigenvalue weighted by atomic mass is 14.1. The summed E-state index contributed by atoms with van der Waals surface area (Å²) in [7, 11) is 0. The minimum absolute atomic E-state index is 1.20. The lowest BCUT2D eigenvalue weighted by Gasteiger charge is -2.16. The molecule has 0 heteroatoms. The molecule has 0 aromatic rings. The summed E-state index contributed by atoms with van der Waals surface area (Å²) in [6.45, 7) is 2.26. The number of hydrogen-bond acceptors (Lipinski definition) is 0. The molecule has 0 aliphatic heterocycles. The van der Waals surface area contributed by atoms with E-state index in [2.05, 4.69) is 37.3 Å². The van der Waals surface area contributed by atoms with Crippen LogP contribution in [0.2, 0.25) is 0 Å². The summed E-state index contributed by atoms with van der Waals surface area (Å²) in [4.78, 5) is 0. The van der Waals surface area contributed by atoms with E-state index in [1.54, 1.807) is 5.57 Å². The third kappa shape index (κ3) is 1.82. The molecular weight excluding hydrogens is 156 g/mol. The van der Waals surface area contributed by atoms with Crippen LogP contribution in [0.3, 0.4) is 0 Å². The number of allylic oxidation sites excluding steroid dienone is 8. The van der Waals surface area contributed by atoms with E-state index in [0.717, 1.165) is 0 Å². The zero-order chi connectivity index (χ0) is 9.10. The van der Waals surface area contributed by atoms with E-state index >= 15 is 0 Å². The van der Waals surface area contributed by atoms with E-state index in [1.807, 2.05) is 0 Å². The predicted molar refractivity (Wildman–Crippen MR) is 57.5 cm³/mol. The Morgan fingerprint density at radius 2 is 1.92 bits per heavy atom. The van der Waals surface area contributed by atoms with E-state index in [4.69, 9.17) is 0 Å². The van der Waals surface area contributed by atoms with Gasteiger partial charge in [-0.05, 0) is 43.8 Å². The van der Waals surface area contributed by atoms with Crippen LogP contribution in [0.4, 0.5) is 0 Å². The van der Waals surface area contributed by atoms with Crippen molar-refractivity contribution < 1.29 is 0 Å². The van der Waals surface area contributed by atoms with Crippen LogP contribution in [-0.2, 0) is 0 Å². The highest BCUT2D eigenvalue weighted by molar-refractivity contribution is 5.47. The van der Waals surface area contributed by atoms with Gasteiger partial charge in [0.15, 0.2) is 0 Å². The summed E-state index contributed by atoms with van der Waals surface area (Å²) in [5, 5.41) is 0. The average Bonchev–Trinajstić information content (AvgIpc) is 2.20. The predicted octanol–water partition coefficient (Wildman–Crippen LogP) is 3.93. The Morgan fingerprint density at radius 3 is 2.62 bits per heavy atom. The second kappa shape index (κ2) is 3.78. The van der Waals surface area contributed by atoms with Gasteiger partial charge in [-0.2, -0.15) is 0 Å². The molecule has 0 bridgehead atoms. The minimum atomic E-state index is 1.20. The summed E-state index contributed by atoms with van der Waals surface area (Å²) in [6.07, 6.45) is 16.2. The van der Waals surface area contributed by atoms with Crippen LogP contribution >= 0.6 is 0 Å². The van der Waals surface area contributed by atoms with Crippen molar-refractivity contribution in [3.05, 3.63) is 47.1 Å². The van der Waals surface area contributed by atoms with Crippen LogP contribution < -0.4 is 0 Å². The van der Waals surface area contributed by atoms with Gasteiger partial charge in [-0.3, -0.25) is 0 Å². The maximum absolute atomic E-state index is 2.30. The molecule has 0 unspecified atom stereocenters. The van der Waals surface area contributed by atoms with E-state index in [1.165, 1.54) is 36.8 Å². The topological polar surface area (TPSA) is 0 Å². The van der Waals surface area contributed by atoms with Crippen molar-refractivity contribution in [3.8, 4) is 0 Å². The lowest BCUT2D eigenvalue weighted by molar-refractivity contribution is 0.911. The van der Waals surface area contributed by atoms with Gasteiger partial charge in [-0.1, -0.05) is 36.0 Å². The zero-order valence-corrected chi connectivity index (χ0v) is 8.22. The highest BCUT2D eigenvalue weighted by Crippen LogP contribution is 2.28. The fourth-order valence-corrected chi connectivity index (χ4v) is 1.99. The summed E-state index contributed by atoms with van der Waals surface area (Å²) < 4.78 is 0. The Kier molecular flexibility index (Phi) is 2.49. The Labute approximate surface area is 80.3 Å². The molecule has 0 saturated heterocycles. The van der Waals surface area contributed by atoms with E-state index in [0.29, 0.717) is 0 Å². The molecule has 0 fully saturated rings. The largest absolute Gasteiger partial charge is 0.0842 e. The first-order valence-corrected chi connectivity index (χ1v) is 5.10. The summed E-state index contributed by atoms with van der Waals surface area (Å²) in [6, 6.07) is 0. The molecule has 0 heterocycles. The van der Waals surface area contributed by atoms with Gasteiger partial charge in [0, 0.05) is 0 Å². The molecule has 0 amide bonds. The van der Waals surface area contributed by atoms with Crippen LogP contribution in [0.1, 0.15) is 32.6 Å². The molecule has 0 atom stereocenters. The molecule has 0 radical (unpaired) electrons. The van der Waals surface area contributed by atoms with Gasteiger partial charge in [0.05, 0.1) is 0 Å². The standard InChI is InChI=1S/C13H16/c1-11-7-5-6-10-13(11)12-8-3-2-4-9-12/h2-3,6,8,10H,4-5,7,9H2,1H3. The smallest absolute Gasteiger partial charge is 0.0238 e. The first-order chi connectivity index (χ1) is 6.38. The SMILES string of the molecule is CC1=C(C2=CC=CCC2)C=CCC1. The Bertz CT molecular complexity index is 311. The zero-order valence-electron chi connectivity index (χ0n) is 8.22. The van der Waals surface area contributed by atoms with Crippen LogP contribution in [0.5, 0.6) is 0 Å². The van der Waals surface area contributed by atoms with Gasteiger partial charge in [0.1, 0.15) is 0 Å². The highest BCUT2D eigenvalue weighted by Gasteiger charge is 2.09. The van der Waals surface area contributed by atoms with Gasteiger partial charge in [-0.25, -0.2) is 0 Å². The summed E-state index contributed by atoms with van der Waals surface area (Å²) in [5.41, 5.74) is 4.58. The van der Waals surface area contributed by atoms with Crippen molar-refractivity contribution in [1.82, 2.24) is 0 Å². The van der Waals surface area contributed by atoms with Crippen LogP contribution in [0, 0.1) is 0 Å². The third-order valence-electron chi connectivity index (χ3n) is 2.79. The fourth-order valence-electron chi connectivity index (χ4n) is 1.99. The van der Waals surface area contributed by atoms with Gasteiger partial charge in [0.25, 0.3) is 0 Å². The molecule has 0 spiro atoms. The van der Waals surface area contributed by atoms with Crippen molar-refractivity contribution in [2.24, 2.45) is 0 Å². The molecule has 0 aromatic heterocycles. The number of hydrogen-bond donors (Lipinski definition) is 0. The maximum atomic E-state index is 2.30. The summed E-state index contributed by atoms with van der Waals surface area (Å²) in [5.74, 6) is 0. The van der Waals surface area contributed by atoms with Crippen molar-refractivity contribution in [3.63, 3.8) is 0 Å². The lowest BCUT2D eigenvalue weighted by Crippen LogP contribution is -1.97. The van der Waals surface area contributed by atoms with Gasteiger partial charge >= 0.3 is 0 Å². The van der Waals surface area contributed by atoms with Crippen molar-refractivity contribution in [2.75, 3.05) is 0 Å². The second-order valence-corrected chi connectivity index (χ2v) is 3.79. The Hall–Kier alpha value is -1.04. The molecule has 13 heavy (non-hydrogen) atoms. The quantitative estimate of drug-likeness (QED) is 0.562. The van der Waals surface area contributed by atoms with E-state index in [9.17, 15) is 0 Å². The Morgan fingerprint density at radius 1 is 1.08 bits per heavy atom. The first-order valence-electron chi connectivity index (χ1n) is 5.10. The molecular formula is C13H16. The molecule has 0 N–H and O–H groups in total. The molecule has 0 saturated carbocycles. The van der Waals surface area contributed by atoms with Crippen molar-refractivity contribution in [1.29, 1.82) is 0 Å². The Balaban J connectivity index is 2.28. The fraction of sp³-hybridized carbons (Fsp3) is 0.385. The lowest BCUT2D eigenvalue weighted by atomic mass is 9.89. The minimum Gasteiger partial charge on any atom is -0.0842 e. The number of rotatable bonds is 1. The van der Waals surface area contributed by atoms with Gasteiger partial charge < -0.3 is 0 Å². The maximum Gasteiger partial charge on any atom is -0.0238 e. The van der Waals surface area contributed by atoms with Crippen LogP contribution in [0.25, 0.3) is 0 Å². The van der Waals surface area contributed by atoms with E-state index < -0.39 is 0 Å². The monoisotopic (exact) mass is 172 g/mol. The van der Waals surface area contributed by atoms with Crippen molar-refractivity contribution >= 4 is 0 Å². The molecule has 2 rings (SSSR count). The normalized spacial score (nSPS) is 22.1. The van der Waals surface area contributed by atoms with E-state index in [-0.39, 0.29) is 0 Å². The molecule has 0 aromatic carbocycles. The van der Waals surface area contributed by atoms with Gasteiger partial charge in [-0.15, -0.1) is 0 Å². The molecule has 2 aliphatic carbocycles. The van der Waals surface area contributed by atoms with Gasteiger partial charge in [0.2, 0.25) is 0 Å². The average molecular weight is 172 g/mol. The molecule has 2 aliphatic rings. The first kappa shape index (κ1) is 8.55. The van der Waals surface area contributed by atoms with Crippen LogP contribution in [0.15, 0.2) is 47.1 Å². The molecule has 0 nitrogen and oxygen atoms in total. The van der Waals surface area contributed by atoms with Crippen molar-refractivity contribution in [2.45, 2.75) is 32.6 Å².